The van der Waals surface area contributed by atoms with Crippen LogP contribution in [0.4, 0.5) is 4.39 Å². The van der Waals surface area contributed by atoms with Gasteiger partial charge in [0.2, 0.25) is 5.91 Å². The molecular formula is C17H21FN2O3S2. The standard InChI is InChI=1S/C17H21FN2O3S2/c1-20(25(22,23)17-8-4-12-24-17)11-3-7-16(21)19-10-9-14-5-2-6-15(18)13-14/h2,4-6,8,12-13H,3,7,9-11H2,1H3,(H,19,21). The fraction of sp³-hybridized carbons (Fsp3) is 0.353. The van der Waals surface area contributed by atoms with Crippen LogP contribution in [0.25, 0.3) is 0 Å². The number of nitrogens with zero attached hydrogens (tertiary/aromatic N) is 1. The molecule has 25 heavy (non-hydrogen) atoms. The van der Waals surface area contributed by atoms with E-state index in [0.717, 1.165) is 5.56 Å². The molecule has 0 aliphatic carbocycles. The molecule has 1 N–H and O–H groups in total. The Morgan fingerprint density at radius 1 is 1.28 bits per heavy atom. The molecule has 2 rings (SSSR count). The molecule has 0 bridgehead atoms. The summed E-state index contributed by atoms with van der Waals surface area (Å²) in [6.45, 7) is 0.698. The van der Waals surface area contributed by atoms with E-state index < -0.39 is 10.0 Å². The molecule has 0 radical (unpaired) electrons. The highest BCUT2D eigenvalue weighted by Gasteiger charge is 2.21. The molecule has 136 valence electrons. The summed E-state index contributed by atoms with van der Waals surface area (Å²) >= 11 is 1.17. The van der Waals surface area contributed by atoms with Crippen molar-refractivity contribution in [2.45, 2.75) is 23.5 Å². The molecule has 0 aliphatic rings. The zero-order valence-corrected chi connectivity index (χ0v) is 15.6. The zero-order chi connectivity index (χ0) is 18.3. The first kappa shape index (κ1) is 19.6. The van der Waals surface area contributed by atoms with Gasteiger partial charge in [-0.3, -0.25) is 4.79 Å². The summed E-state index contributed by atoms with van der Waals surface area (Å²) in [5, 5.41) is 4.48. The molecule has 0 saturated carbocycles. The number of hydrogen-bond acceptors (Lipinski definition) is 4. The average Bonchev–Trinajstić information content (AvgIpc) is 3.10. The molecule has 0 unspecified atom stereocenters. The first-order valence-corrected chi connectivity index (χ1v) is 10.2. The molecule has 0 atom stereocenters. The van der Waals surface area contributed by atoms with Gasteiger partial charge in [-0.25, -0.2) is 17.1 Å². The van der Waals surface area contributed by atoms with Crippen LogP contribution in [0, 0.1) is 5.82 Å². The Morgan fingerprint density at radius 2 is 2.08 bits per heavy atom. The van der Waals surface area contributed by atoms with Crippen LogP contribution in [0.15, 0.2) is 46.0 Å². The SMILES string of the molecule is CN(CCCC(=O)NCCc1cccc(F)c1)S(=O)(=O)c1cccs1. The maximum absolute atomic E-state index is 13.1. The minimum Gasteiger partial charge on any atom is -0.356 e. The second kappa shape index (κ2) is 9.07. The number of halogens is 1. The van der Waals surface area contributed by atoms with E-state index in [1.165, 1.54) is 34.8 Å². The normalized spacial score (nSPS) is 11.6. The third kappa shape index (κ3) is 5.91. The lowest BCUT2D eigenvalue weighted by atomic mass is 10.1. The Morgan fingerprint density at radius 3 is 2.76 bits per heavy atom. The van der Waals surface area contributed by atoms with Crippen LogP contribution in [0.3, 0.4) is 0 Å². The van der Waals surface area contributed by atoms with Crippen molar-refractivity contribution in [2.24, 2.45) is 0 Å². The van der Waals surface area contributed by atoms with Crippen molar-refractivity contribution < 1.29 is 17.6 Å². The van der Waals surface area contributed by atoms with Crippen molar-refractivity contribution in [1.29, 1.82) is 0 Å². The summed E-state index contributed by atoms with van der Waals surface area (Å²) in [4.78, 5) is 11.8. The first-order valence-electron chi connectivity index (χ1n) is 7.90. The number of benzene rings is 1. The van der Waals surface area contributed by atoms with Crippen molar-refractivity contribution >= 4 is 27.3 Å². The number of sulfonamides is 1. The van der Waals surface area contributed by atoms with Crippen LogP contribution in [0.2, 0.25) is 0 Å². The predicted molar refractivity (Wildman–Crippen MR) is 96.5 cm³/mol. The van der Waals surface area contributed by atoms with Crippen LogP contribution in [0.5, 0.6) is 0 Å². The Labute approximate surface area is 151 Å². The van der Waals surface area contributed by atoms with Crippen LogP contribution in [0.1, 0.15) is 18.4 Å². The van der Waals surface area contributed by atoms with Crippen molar-refractivity contribution in [1.82, 2.24) is 9.62 Å². The first-order chi connectivity index (χ1) is 11.9. The molecule has 0 fully saturated rings. The number of thiophene rings is 1. The summed E-state index contributed by atoms with van der Waals surface area (Å²) in [5.74, 6) is -0.433. The number of carbonyl (C=O) groups is 1. The minimum absolute atomic E-state index is 0.140. The highest BCUT2D eigenvalue weighted by atomic mass is 32.2. The second-order valence-corrected chi connectivity index (χ2v) is 8.81. The van der Waals surface area contributed by atoms with Gasteiger partial charge in [0.05, 0.1) is 0 Å². The van der Waals surface area contributed by atoms with E-state index >= 15 is 0 Å². The third-order valence-corrected chi connectivity index (χ3v) is 6.89. The summed E-state index contributed by atoms with van der Waals surface area (Å²) < 4.78 is 39.1. The van der Waals surface area contributed by atoms with Crippen LogP contribution < -0.4 is 5.32 Å². The topological polar surface area (TPSA) is 66.5 Å². The number of carbonyl (C=O) groups excluding carboxylic acids is 1. The van der Waals surface area contributed by atoms with E-state index in [0.29, 0.717) is 23.6 Å². The van der Waals surface area contributed by atoms with Crippen molar-refractivity contribution in [3.63, 3.8) is 0 Å². The van der Waals surface area contributed by atoms with Gasteiger partial charge in [0.1, 0.15) is 10.0 Å². The molecule has 5 nitrogen and oxygen atoms in total. The lowest BCUT2D eigenvalue weighted by Gasteiger charge is -2.15. The quantitative estimate of drug-likeness (QED) is 0.723. The number of amides is 1. The Bertz CT molecular complexity index is 792. The van der Waals surface area contributed by atoms with Crippen LogP contribution in [-0.4, -0.2) is 38.8 Å². The van der Waals surface area contributed by atoms with E-state index in [2.05, 4.69) is 5.32 Å². The molecule has 2 aromatic rings. The molecule has 0 saturated heterocycles. The van der Waals surface area contributed by atoms with E-state index in [1.807, 2.05) is 0 Å². The van der Waals surface area contributed by atoms with Gasteiger partial charge >= 0.3 is 0 Å². The highest BCUT2D eigenvalue weighted by Crippen LogP contribution is 2.19. The minimum atomic E-state index is -3.47. The van der Waals surface area contributed by atoms with Gasteiger partial charge in [-0.15, -0.1) is 11.3 Å². The van der Waals surface area contributed by atoms with Gasteiger partial charge < -0.3 is 5.32 Å². The second-order valence-electron chi connectivity index (χ2n) is 5.59. The van der Waals surface area contributed by atoms with E-state index in [1.54, 1.807) is 29.6 Å². The van der Waals surface area contributed by atoms with Crippen molar-refractivity contribution in [3.8, 4) is 0 Å². The molecule has 0 aliphatic heterocycles. The van der Waals surface area contributed by atoms with Crippen LogP contribution >= 0.6 is 11.3 Å². The maximum atomic E-state index is 13.1. The van der Waals surface area contributed by atoms with Crippen LogP contribution in [-0.2, 0) is 21.2 Å². The lowest BCUT2D eigenvalue weighted by Crippen LogP contribution is -2.30. The van der Waals surface area contributed by atoms with Crippen molar-refractivity contribution in [2.75, 3.05) is 20.1 Å². The summed E-state index contributed by atoms with van der Waals surface area (Å²) in [5.41, 5.74) is 0.821. The Balaban J connectivity index is 1.68. The molecule has 1 aromatic carbocycles. The number of nitrogens with one attached hydrogen (secondary N) is 1. The molecule has 8 heteroatoms. The largest absolute Gasteiger partial charge is 0.356 e. The third-order valence-electron chi connectivity index (χ3n) is 3.66. The number of rotatable bonds is 9. The highest BCUT2D eigenvalue weighted by molar-refractivity contribution is 7.91. The van der Waals surface area contributed by atoms with Gasteiger partial charge in [-0.05, 0) is 42.0 Å². The molecule has 1 heterocycles. The van der Waals surface area contributed by atoms with E-state index in [-0.39, 0.29) is 24.7 Å². The van der Waals surface area contributed by atoms with Gasteiger partial charge in [0, 0.05) is 26.6 Å². The van der Waals surface area contributed by atoms with Gasteiger partial charge in [0.25, 0.3) is 10.0 Å². The average molecular weight is 384 g/mol. The van der Waals surface area contributed by atoms with E-state index in [4.69, 9.17) is 0 Å². The fourth-order valence-electron chi connectivity index (χ4n) is 2.27. The maximum Gasteiger partial charge on any atom is 0.252 e. The Kier molecular flexibility index (Phi) is 7.10. The number of hydrogen-bond donors (Lipinski definition) is 1. The smallest absolute Gasteiger partial charge is 0.252 e. The molecular weight excluding hydrogens is 363 g/mol. The van der Waals surface area contributed by atoms with Gasteiger partial charge in [0.15, 0.2) is 0 Å². The van der Waals surface area contributed by atoms with E-state index in [9.17, 15) is 17.6 Å². The summed E-state index contributed by atoms with van der Waals surface area (Å²) in [7, 11) is -1.96. The van der Waals surface area contributed by atoms with Gasteiger partial charge in [-0.2, -0.15) is 0 Å². The Hall–Kier alpha value is -1.77. The molecule has 0 spiro atoms. The predicted octanol–water partition coefficient (Wildman–Crippen LogP) is 2.65. The molecule has 1 amide bonds. The molecule has 1 aromatic heterocycles. The lowest BCUT2D eigenvalue weighted by molar-refractivity contribution is -0.121. The monoisotopic (exact) mass is 384 g/mol. The van der Waals surface area contributed by atoms with Gasteiger partial charge in [-0.1, -0.05) is 18.2 Å². The fourth-order valence-corrected chi connectivity index (χ4v) is 4.68. The summed E-state index contributed by atoms with van der Waals surface area (Å²) in [6, 6.07) is 9.52. The summed E-state index contributed by atoms with van der Waals surface area (Å²) in [6.07, 6.45) is 1.23. The zero-order valence-electron chi connectivity index (χ0n) is 13.9. The van der Waals surface area contributed by atoms with Crippen molar-refractivity contribution in [3.05, 3.63) is 53.2 Å².